The number of piperidine rings is 1. The van der Waals surface area contributed by atoms with Gasteiger partial charge in [-0.1, -0.05) is 36.4 Å². The van der Waals surface area contributed by atoms with Gasteiger partial charge in [-0.05, 0) is 84.6 Å². The van der Waals surface area contributed by atoms with Crippen LogP contribution in [0.4, 0.5) is 10.2 Å². The number of benzene rings is 2. The standard InChI is InChI=1S/C38H45FN4O5/c1-23-14-15-29-32(33(23)39)27-13-10-12-26(21-27)28-22-30-40-25(3)31(34(36(44)45)48-37(4,5)6)35(43(30)41-28)42-18-16-38(7,17-19-42)46-20-9-8-11-24(2)47-29/h8-10,12-15,21-22,24,34H,11,16-20H2,1-7H3,(H,44,45)/t24-,34-/m0/s1. The van der Waals surface area contributed by atoms with E-state index >= 15 is 4.39 Å². The van der Waals surface area contributed by atoms with Crippen molar-refractivity contribution in [3.8, 4) is 28.1 Å². The first-order chi connectivity index (χ1) is 22.7. The lowest BCUT2D eigenvalue weighted by molar-refractivity contribution is -0.160. The normalized spacial score (nSPS) is 20.8. The first-order valence-corrected chi connectivity index (χ1v) is 16.6. The Kier molecular flexibility index (Phi) is 9.08. The highest BCUT2D eigenvalue weighted by Crippen LogP contribution is 2.40. The minimum absolute atomic E-state index is 0.188. The third kappa shape index (κ3) is 6.82. The number of fused-ring (bicyclic) bond motifs is 7. The van der Waals surface area contributed by atoms with Gasteiger partial charge in [0, 0.05) is 36.8 Å². The molecule has 6 bridgehead atoms. The lowest BCUT2D eigenvalue weighted by atomic mass is 9.92. The molecule has 1 fully saturated rings. The van der Waals surface area contributed by atoms with E-state index in [2.05, 4.69) is 11.8 Å². The smallest absolute Gasteiger partial charge is 0.337 e. The Morgan fingerprint density at radius 2 is 1.83 bits per heavy atom. The fourth-order valence-corrected chi connectivity index (χ4v) is 6.52. The van der Waals surface area contributed by atoms with Gasteiger partial charge >= 0.3 is 5.97 Å². The van der Waals surface area contributed by atoms with Crippen LogP contribution in [0.25, 0.3) is 28.0 Å². The highest BCUT2D eigenvalue weighted by molar-refractivity contribution is 5.80. The largest absolute Gasteiger partial charge is 0.490 e. The predicted molar refractivity (Wildman–Crippen MR) is 184 cm³/mol. The summed E-state index contributed by atoms with van der Waals surface area (Å²) >= 11 is 0. The van der Waals surface area contributed by atoms with E-state index in [4.69, 9.17) is 24.3 Å². The minimum Gasteiger partial charge on any atom is -0.490 e. The second-order valence-electron chi connectivity index (χ2n) is 14.2. The van der Waals surface area contributed by atoms with Crippen molar-refractivity contribution in [3.05, 3.63) is 77.3 Å². The van der Waals surface area contributed by atoms with Crippen molar-refractivity contribution in [2.75, 3.05) is 24.6 Å². The van der Waals surface area contributed by atoms with E-state index in [0.717, 1.165) is 18.4 Å². The van der Waals surface area contributed by atoms with Crippen LogP contribution < -0.4 is 9.64 Å². The molecule has 0 spiro atoms. The summed E-state index contributed by atoms with van der Waals surface area (Å²) < 4.78 is 36.5. The van der Waals surface area contributed by atoms with Crippen molar-refractivity contribution in [3.63, 3.8) is 0 Å². The molecule has 7 rings (SSSR count). The molecular weight excluding hydrogens is 611 g/mol. The van der Waals surface area contributed by atoms with Crippen molar-refractivity contribution in [2.24, 2.45) is 0 Å². The molecule has 1 saturated heterocycles. The van der Waals surface area contributed by atoms with Crippen LogP contribution in [0.2, 0.25) is 0 Å². The molecule has 3 aliphatic heterocycles. The Hall–Kier alpha value is -4.28. The van der Waals surface area contributed by atoms with Crippen molar-refractivity contribution in [1.29, 1.82) is 0 Å². The molecule has 9 nitrogen and oxygen atoms in total. The van der Waals surface area contributed by atoms with Gasteiger partial charge < -0.3 is 24.2 Å². The molecule has 0 aliphatic carbocycles. The van der Waals surface area contributed by atoms with Gasteiger partial charge in [0.2, 0.25) is 0 Å². The topological polar surface area (TPSA) is 98.4 Å². The SMILES string of the molecule is Cc1ccc2c(c1F)-c1cccc(c1)-c1cc3nc(C)c([C@H](OC(C)(C)C)C(=O)O)c(n3n1)N1CCC(C)(CC1)OCC=CC[C@H](C)O2. The summed E-state index contributed by atoms with van der Waals surface area (Å²) in [5, 5.41) is 15.5. The van der Waals surface area contributed by atoms with Gasteiger partial charge in [0.15, 0.2) is 11.8 Å². The van der Waals surface area contributed by atoms with Gasteiger partial charge in [-0.15, -0.1) is 0 Å². The Morgan fingerprint density at radius 1 is 1.10 bits per heavy atom. The zero-order valence-corrected chi connectivity index (χ0v) is 28.8. The molecular formula is C38H45FN4O5. The number of carboxylic acid groups (broad SMARTS) is 1. The fraction of sp³-hybridized carbons (Fsp3) is 0.447. The summed E-state index contributed by atoms with van der Waals surface area (Å²) in [4.78, 5) is 19.8. The molecule has 10 heteroatoms. The van der Waals surface area contributed by atoms with Crippen LogP contribution in [0, 0.1) is 19.7 Å². The maximum atomic E-state index is 15.9. The van der Waals surface area contributed by atoms with E-state index in [9.17, 15) is 9.90 Å². The quantitative estimate of drug-likeness (QED) is 0.223. The van der Waals surface area contributed by atoms with Gasteiger partial charge in [-0.3, -0.25) is 0 Å². The van der Waals surface area contributed by atoms with Gasteiger partial charge in [0.1, 0.15) is 17.4 Å². The molecule has 2 aromatic heterocycles. The number of anilines is 1. The molecule has 48 heavy (non-hydrogen) atoms. The molecule has 254 valence electrons. The Labute approximate surface area is 281 Å². The van der Waals surface area contributed by atoms with Crippen molar-refractivity contribution in [1.82, 2.24) is 14.6 Å². The summed E-state index contributed by atoms with van der Waals surface area (Å²) in [6.45, 7) is 14.9. The van der Waals surface area contributed by atoms with E-state index in [0.29, 0.717) is 77.0 Å². The molecule has 2 atom stereocenters. The summed E-state index contributed by atoms with van der Waals surface area (Å²) in [6, 6.07) is 13.0. The average Bonchev–Trinajstić information content (AvgIpc) is 3.44. The third-order valence-electron chi connectivity index (χ3n) is 9.12. The lowest BCUT2D eigenvalue weighted by Gasteiger charge is -2.41. The number of rotatable bonds is 3. The van der Waals surface area contributed by atoms with Gasteiger partial charge in [0.25, 0.3) is 0 Å². The maximum absolute atomic E-state index is 15.9. The zero-order chi connectivity index (χ0) is 34.4. The summed E-state index contributed by atoms with van der Waals surface area (Å²) in [7, 11) is 0. The van der Waals surface area contributed by atoms with Crippen LogP contribution in [-0.4, -0.2) is 62.7 Å². The van der Waals surface area contributed by atoms with E-state index < -0.39 is 17.7 Å². The monoisotopic (exact) mass is 656 g/mol. The van der Waals surface area contributed by atoms with Crippen LogP contribution in [0.1, 0.15) is 76.8 Å². The average molecular weight is 657 g/mol. The summed E-state index contributed by atoms with van der Waals surface area (Å²) in [5.41, 5.74) is 3.49. The number of aromatic nitrogens is 3. The molecule has 0 radical (unpaired) electrons. The van der Waals surface area contributed by atoms with Crippen molar-refractivity contribution < 1.29 is 28.5 Å². The van der Waals surface area contributed by atoms with Crippen LogP contribution in [0.3, 0.4) is 0 Å². The number of hydrogen-bond acceptors (Lipinski definition) is 7. The van der Waals surface area contributed by atoms with E-state index in [1.54, 1.807) is 17.5 Å². The third-order valence-corrected chi connectivity index (χ3v) is 9.12. The molecule has 0 saturated carbocycles. The van der Waals surface area contributed by atoms with Gasteiger partial charge in [0.05, 0.1) is 40.7 Å². The summed E-state index contributed by atoms with van der Waals surface area (Å²) in [6.07, 6.45) is 4.71. The Morgan fingerprint density at radius 3 is 2.54 bits per heavy atom. The second kappa shape index (κ2) is 13.0. The zero-order valence-electron chi connectivity index (χ0n) is 28.8. The number of halogens is 1. The highest BCUT2D eigenvalue weighted by Gasteiger charge is 2.38. The van der Waals surface area contributed by atoms with E-state index in [1.807, 2.05) is 83.2 Å². The minimum atomic E-state index is -1.27. The molecule has 1 N–H and O–H groups in total. The number of aliphatic carboxylic acids is 1. The molecule has 4 aromatic rings. The fourth-order valence-electron chi connectivity index (χ4n) is 6.52. The molecule has 2 aromatic carbocycles. The van der Waals surface area contributed by atoms with E-state index in [-0.39, 0.29) is 17.5 Å². The van der Waals surface area contributed by atoms with Crippen molar-refractivity contribution in [2.45, 2.75) is 91.1 Å². The first kappa shape index (κ1) is 33.6. The Balaban J connectivity index is 1.56. The predicted octanol–water partition coefficient (Wildman–Crippen LogP) is 7.86. The number of carbonyl (C=O) groups is 1. The number of hydrogen-bond donors (Lipinski definition) is 1. The van der Waals surface area contributed by atoms with Gasteiger partial charge in [-0.25, -0.2) is 14.2 Å². The number of nitrogens with zero attached hydrogens (tertiary/aromatic N) is 4. The molecule has 0 unspecified atom stereocenters. The highest BCUT2D eigenvalue weighted by atomic mass is 19.1. The molecule has 5 heterocycles. The number of ether oxygens (including phenoxy) is 3. The Bertz CT molecular complexity index is 1870. The maximum Gasteiger partial charge on any atom is 0.337 e. The van der Waals surface area contributed by atoms with Crippen LogP contribution in [-0.2, 0) is 14.3 Å². The molecule has 3 aliphatic rings. The van der Waals surface area contributed by atoms with Crippen molar-refractivity contribution >= 4 is 17.4 Å². The van der Waals surface area contributed by atoms with E-state index in [1.165, 1.54) is 0 Å². The van der Waals surface area contributed by atoms with Crippen LogP contribution in [0.15, 0.2) is 54.6 Å². The van der Waals surface area contributed by atoms with Crippen LogP contribution >= 0.6 is 0 Å². The lowest BCUT2D eigenvalue weighted by Crippen LogP contribution is -2.45. The number of carboxylic acids is 1. The van der Waals surface area contributed by atoms with Gasteiger partial charge in [-0.2, -0.15) is 9.61 Å². The molecule has 0 amide bonds. The van der Waals surface area contributed by atoms with Crippen LogP contribution in [0.5, 0.6) is 5.75 Å². The summed E-state index contributed by atoms with van der Waals surface area (Å²) in [5.74, 6) is -0.321. The first-order valence-electron chi connectivity index (χ1n) is 16.6. The second-order valence-corrected chi connectivity index (χ2v) is 14.2. The number of aryl methyl sites for hydroxylation is 2.